The van der Waals surface area contributed by atoms with E-state index in [0.29, 0.717) is 6.54 Å². The maximum Gasteiger partial charge on any atom is 0.191 e. The van der Waals surface area contributed by atoms with Gasteiger partial charge < -0.3 is 20.6 Å². The highest BCUT2D eigenvalue weighted by molar-refractivity contribution is 14.0. The Hall–Kier alpha value is -0.900. The summed E-state index contributed by atoms with van der Waals surface area (Å²) in [6, 6.07) is 8.92. The summed E-state index contributed by atoms with van der Waals surface area (Å²) in [5.74, 6) is 0.851. The van der Waals surface area contributed by atoms with E-state index >= 15 is 0 Å². The summed E-state index contributed by atoms with van der Waals surface area (Å²) in [7, 11) is 2.21. The maximum absolute atomic E-state index is 9.46. The summed E-state index contributed by atoms with van der Waals surface area (Å²) in [5.41, 5.74) is 2.72. The number of nitrogens with one attached hydrogen (secondary N) is 2. The molecule has 0 bridgehead atoms. The first-order valence-corrected chi connectivity index (χ1v) is 12.2. The number of guanidine groups is 1. The molecule has 1 heterocycles. The monoisotopic (exact) mass is 559 g/mol. The van der Waals surface area contributed by atoms with Crippen LogP contribution < -0.4 is 10.6 Å². The number of halogens is 1. The number of rotatable bonds is 11. The fourth-order valence-corrected chi connectivity index (χ4v) is 4.23. The van der Waals surface area contributed by atoms with Gasteiger partial charge >= 0.3 is 0 Å². The first-order valence-electron chi connectivity index (χ1n) is 12.2. The zero-order valence-corrected chi connectivity index (χ0v) is 23.0. The molecule has 3 N–H and O–H groups in total. The van der Waals surface area contributed by atoms with Crippen molar-refractivity contribution in [1.29, 1.82) is 0 Å². The second-order valence-electron chi connectivity index (χ2n) is 8.98. The Morgan fingerprint density at radius 1 is 1.00 bits per heavy atom. The highest BCUT2D eigenvalue weighted by Crippen LogP contribution is 2.29. The molecule has 7 heteroatoms. The molecule has 2 rings (SSSR count). The van der Waals surface area contributed by atoms with Crippen molar-refractivity contribution < 1.29 is 5.11 Å². The van der Waals surface area contributed by atoms with Crippen LogP contribution in [-0.4, -0.2) is 73.8 Å². The Morgan fingerprint density at radius 3 is 2.31 bits per heavy atom. The summed E-state index contributed by atoms with van der Waals surface area (Å²) in [5, 5.41) is 16.3. The molecule has 0 aromatic heterocycles. The number of likely N-dealkylation sites (N-methyl/N-ethyl adjacent to an activating group) is 1. The second kappa shape index (κ2) is 15.9. The quantitative estimate of drug-likeness (QED) is 0.219. The number of aliphatic hydroxyl groups excluding tert-OH is 1. The van der Waals surface area contributed by atoms with Gasteiger partial charge in [-0.15, -0.1) is 24.0 Å². The Labute approximate surface area is 213 Å². The Kier molecular flexibility index (Phi) is 14.4. The van der Waals surface area contributed by atoms with E-state index in [1.165, 1.54) is 30.6 Å². The first kappa shape index (κ1) is 29.1. The van der Waals surface area contributed by atoms with E-state index in [9.17, 15) is 5.11 Å². The van der Waals surface area contributed by atoms with Crippen molar-refractivity contribution in [2.24, 2.45) is 10.4 Å². The van der Waals surface area contributed by atoms with Crippen molar-refractivity contribution in [2.75, 3.05) is 52.9 Å². The summed E-state index contributed by atoms with van der Waals surface area (Å²) in [4.78, 5) is 9.78. The van der Waals surface area contributed by atoms with Gasteiger partial charge in [0.05, 0.1) is 6.54 Å². The van der Waals surface area contributed by atoms with E-state index in [4.69, 9.17) is 4.99 Å². The van der Waals surface area contributed by atoms with Crippen LogP contribution in [0.25, 0.3) is 0 Å². The molecule has 1 aromatic rings. The van der Waals surface area contributed by atoms with Crippen LogP contribution in [0.5, 0.6) is 0 Å². The number of nitrogens with zero attached hydrogens (tertiary/aromatic N) is 3. The number of aliphatic hydroxyl groups is 1. The van der Waals surface area contributed by atoms with Gasteiger partial charge in [-0.1, -0.05) is 38.1 Å². The molecule has 0 saturated carbocycles. The highest BCUT2D eigenvalue weighted by Gasteiger charge is 2.25. The smallest absolute Gasteiger partial charge is 0.191 e. The van der Waals surface area contributed by atoms with Crippen molar-refractivity contribution in [3.05, 3.63) is 35.4 Å². The Bertz CT molecular complexity index is 648. The third kappa shape index (κ3) is 9.93. The number of aliphatic imine (C=N–C) groups is 1. The van der Waals surface area contributed by atoms with Crippen LogP contribution in [0.15, 0.2) is 29.3 Å². The molecule has 1 fully saturated rings. The lowest BCUT2D eigenvalue weighted by Crippen LogP contribution is -2.43. The molecule has 32 heavy (non-hydrogen) atoms. The molecule has 6 nitrogen and oxygen atoms in total. The summed E-state index contributed by atoms with van der Waals surface area (Å²) in [6.07, 6.45) is 4.16. The topological polar surface area (TPSA) is 63.1 Å². The van der Waals surface area contributed by atoms with Gasteiger partial charge in [0.25, 0.3) is 0 Å². The minimum absolute atomic E-state index is 0. The molecule has 0 spiro atoms. The van der Waals surface area contributed by atoms with Crippen LogP contribution in [0.2, 0.25) is 0 Å². The second-order valence-corrected chi connectivity index (χ2v) is 8.98. The standard InChI is InChI=1S/C25H45N5O.HI/c1-5-25(6-2,13-18-31)21-28-24(26-7-3)27-19-22-9-11-23(12-10-22)20-30-15-8-14-29(4)16-17-30;/h9-12,31H,5-8,13-21H2,1-4H3,(H2,26,27,28);1H. The number of hydrogen-bond donors (Lipinski definition) is 3. The number of benzene rings is 1. The van der Waals surface area contributed by atoms with E-state index in [0.717, 1.165) is 57.9 Å². The largest absolute Gasteiger partial charge is 0.396 e. The van der Waals surface area contributed by atoms with Crippen LogP contribution in [0, 0.1) is 5.41 Å². The van der Waals surface area contributed by atoms with Gasteiger partial charge in [-0.25, -0.2) is 4.99 Å². The molecule has 0 atom stereocenters. The molecule has 184 valence electrons. The molecular weight excluding hydrogens is 513 g/mol. The lowest BCUT2D eigenvalue weighted by atomic mass is 9.79. The van der Waals surface area contributed by atoms with Crippen LogP contribution >= 0.6 is 24.0 Å². The highest BCUT2D eigenvalue weighted by atomic mass is 127. The predicted molar refractivity (Wildman–Crippen MR) is 147 cm³/mol. The van der Waals surface area contributed by atoms with E-state index < -0.39 is 0 Å². The maximum atomic E-state index is 9.46. The average Bonchev–Trinajstić information content (AvgIpc) is 2.99. The van der Waals surface area contributed by atoms with Crippen LogP contribution in [0.3, 0.4) is 0 Å². The van der Waals surface area contributed by atoms with Crippen LogP contribution in [0.4, 0.5) is 0 Å². The first-order chi connectivity index (χ1) is 15.0. The zero-order chi connectivity index (χ0) is 22.5. The molecular formula is C25H46IN5O. The van der Waals surface area contributed by atoms with Crippen molar-refractivity contribution in [3.63, 3.8) is 0 Å². The fourth-order valence-electron chi connectivity index (χ4n) is 4.23. The van der Waals surface area contributed by atoms with Gasteiger partial charge in [-0.2, -0.15) is 0 Å². The molecule has 0 unspecified atom stereocenters. The molecule has 0 amide bonds. The van der Waals surface area contributed by atoms with Crippen molar-refractivity contribution in [1.82, 2.24) is 20.4 Å². The molecule has 1 saturated heterocycles. The van der Waals surface area contributed by atoms with E-state index in [-0.39, 0.29) is 36.0 Å². The molecule has 0 radical (unpaired) electrons. The van der Waals surface area contributed by atoms with Gasteiger partial charge in [0, 0.05) is 39.3 Å². The Morgan fingerprint density at radius 2 is 1.69 bits per heavy atom. The fraction of sp³-hybridized carbons (Fsp3) is 0.720. The molecule has 1 aromatic carbocycles. The van der Waals surface area contributed by atoms with E-state index in [2.05, 4.69) is 72.5 Å². The molecule has 1 aliphatic heterocycles. The zero-order valence-electron chi connectivity index (χ0n) is 20.7. The normalized spacial score (nSPS) is 16.3. The van der Waals surface area contributed by atoms with Crippen molar-refractivity contribution in [3.8, 4) is 0 Å². The van der Waals surface area contributed by atoms with Gasteiger partial charge in [-0.3, -0.25) is 4.90 Å². The predicted octanol–water partition coefficient (Wildman–Crippen LogP) is 3.69. The van der Waals surface area contributed by atoms with Gasteiger partial charge in [0.15, 0.2) is 5.96 Å². The summed E-state index contributed by atoms with van der Waals surface area (Å²) in [6.45, 7) is 14.8. The van der Waals surface area contributed by atoms with Crippen molar-refractivity contribution in [2.45, 2.75) is 59.5 Å². The minimum Gasteiger partial charge on any atom is -0.396 e. The van der Waals surface area contributed by atoms with E-state index in [1.807, 2.05) is 0 Å². The van der Waals surface area contributed by atoms with Crippen LogP contribution in [-0.2, 0) is 13.1 Å². The lowest BCUT2D eigenvalue weighted by Gasteiger charge is -2.32. The summed E-state index contributed by atoms with van der Waals surface area (Å²) < 4.78 is 0. The van der Waals surface area contributed by atoms with Gasteiger partial charge in [0.1, 0.15) is 0 Å². The lowest BCUT2D eigenvalue weighted by molar-refractivity contribution is 0.169. The van der Waals surface area contributed by atoms with Crippen LogP contribution in [0.1, 0.15) is 57.6 Å². The van der Waals surface area contributed by atoms with Gasteiger partial charge in [0.2, 0.25) is 0 Å². The van der Waals surface area contributed by atoms with Crippen molar-refractivity contribution >= 4 is 29.9 Å². The molecule has 0 aliphatic carbocycles. The molecule has 1 aliphatic rings. The third-order valence-electron chi connectivity index (χ3n) is 6.78. The third-order valence-corrected chi connectivity index (χ3v) is 6.78. The van der Waals surface area contributed by atoms with E-state index in [1.54, 1.807) is 0 Å². The minimum atomic E-state index is 0. The summed E-state index contributed by atoms with van der Waals surface area (Å²) >= 11 is 0. The number of hydrogen-bond acceptors (Lipinski definition) is 4. The Balaban J connectivity index is 0.00000512. The average molecular weight is 560 g/mol. The SMILES string of the molecule is CCNC(=NCc1ccc(CN2CCCN(C)CC2)cc1)NCC(CC)(CC)CCO.I. The van der Waals surface area contributed by atoms with Gasteiger partial charge in [-0.05, 0) is 69.3 Å².